The molecule has 38 heavy (non-hydrogen) atoms. The lowest BCUT2D eigenvalue weighted by Crippen LogP contribution is -2.46. The number of amides is 2. The number of pyridine rings is 1. The van der Waals surface area contributed by atoms with Crippen molar-refractivity contribution >= 4 is 40.2 Å². The molecule has 9 heteroatoms. The molecule has 190 valence electrons. The number of aryl methyl sites for hydroxylation is 4. The van der Waals surface area contributed by atoms with Gasteiger partial charge in [-0.2, -0.15) is 4.98 Å². The van der Waals surface area contributed by atoms with Gasteiger partial charge < -0.3 is 10.3 Å². The SMILES string of the molecule is Cc1ccc(Nc2ncc3c(n2)N(C)C(=O)N(c2cc(-c4nc5cc(C)c(C)cc5[nH]4)ccc2C)C3)cn1. The van der Waals surface area contributed by atoms with Crippen LogP contribution in [0.25, 0.3) is 22.4 Å². The van der Waals surface area contributed by atoms with Crippen LogP contribution in [0.4, 0.5) is 27.9 Å². The Morgan fingerprint density at radius 1 is 0.895 bits per heavy atom. The molecule has 1 aliphatic heterocycles. The first-order chi connectivity index (χ1) is 18.3. The highest BCUT2D eigenvalue weighted by Crippen LogP contribution is 2.34. The van der Waals surface area contributed by atoms with Crippen molar-refractivity contribution in [3.63, 3.8) is 0 Å². The van der Waals surface area contributed by atoms with Crippen LogP contribution in [-0.4, -0.2) is 38.0 Å². The van der Waals surface area contributed by atoms with Crippen LogP contribution < -0.4 is 15.1 Å². The number of urea groups is 1. The fraction of sp³-hybridized carbons (Fsp3) is 0.207. The number of hydrogen-bond donors (Lipinski definition) is 2. The minimum atomic E-state index is -0.157. The molecular formula is C29H28N8O. The highest BCUT2D eigenvalue weighted by Gasteiger charge is 2.31. The molecule has 0 spiro atoms. The van der Waals surface area contributed by atoms with Gasteiger partial charge in [0, 0.05) is 35.8 Å². The van der Waals surface area contributed by atoms with Gasteiger partial charge in [-0.3, -0.25) is 14.8 Å². The minimum Gasteiger partial charge on any atom is -0.338 e. The third-order valence-electron chi connectivity index (χ3n) is 7.04. The molecule has 0 bridgehead atoms. The zero-order chi connectivity index (χ0) is 26.6. The summed E-state index contributed by atoms with van der Waals surface area (Å²) >= 11 is 0. The van der Waals surface area contributed by atoms with Gasteiger partial charge in [0.1, 0.15) is 11.6 Å². The first kappa shape index (κ1) is 23.6. The molecule has 9 nitrogen and oxygen atoms in total. The van der Waals surface area contributed by atoms with Crippen LogP contribution in [0.5, 0.6) is 0 Å². The lowest BCUT2D eigenvalue weighted by atomic mass is 10.1. The summed E-state index contributed by atoms with van der Waals surface area (Å²) in [6, 6.07) is 14.0. The number of rotatable bonds is 4. The molecule has 2 amide bonds. The number of nitrogens with one attached hydrogen (secondary N) is 2. The summed E-state index contributed by atoms with van der Waals surface area (Å²) in [7, 11) is 1.74. The molecule has 0 aliphatic carbocycles. The molecular weight excluding hydrogens is 476 g/mol. The fourth-order valence-electron chi connectivity index (χ4n) is 4.68. The Hall–Kier alpha value is -4.79. The van der Waals surface area contributed by atoms with Crippen molar-refractivity contribution in [2.24, 2.45) is 0 Å². The molecule has 2 N–H and O–H groups in total. The number of benzene rings is 2. The summed E-state index contributed by atoms with van der Waals surface area (Å²) < 4.78 is 0. The number of anilines is 4. The highest BCUT2D eigenvalue weighted by atomic mass is 16.2. The summed E-state index contributed by atoms with van der Waals surface area (Å²) in [6.45, 7) is 8.49. The number of imidazole rings is 1. The van der Waals surface area contributed by atoms with Gasteiger partial charge >= 0.3 is 6.03 Å². The van der Waals surface area contributed by atoms with E-state index < -0.39 is 0 Å². The molecule has 0 fully saturated rings. The van der Waals surface area contributed by atoms with Gasteiger partial charge in [-0.15, -0.1) is 0 Å². The van der Waals surface area contributed by atoms with E-state index in [9.17, 15) is 4.79 Å². The van der Waals surface area contributed by atoms with Gasteiger partial charge in [0.15, 0.2) is 0 Å². The average molecular weight is 505 g/mol. The number of nitrogens with zero attached hydrogens (tertiary/aromatic N) is 6. The Labute approximate surface area is 220 Å². The Bertz CT molecular complexity index is 1670. The lowest BCUT2D eigenvalue weighted by molar-refractivity contribution is 0.251. The first-order valence-electron chi connectivity index (χ1n) is 12.5. The van der Waals surface area contributed by atoms with E-state index in [2.05, 4.69) is 51.2 Å². The van der Waals surface area contributed by atoms with Crippen LogP contribution >= 0.6 is 0 Å². The molecule has 1 aliphatic rings. The van der Waals surface area contributed by atoms with Crippen LogP contribution in [0, 0.1) is 27.7 Å². The van der Waals surface area contributed by atoms with Gasteiger partial charge in [0.2, 0.25) is 5.95 Å². The zero-order valence-electron chi connectivity index (χ0n) is 22.0. The summed E-state index contributed by atoms with van der Waals surface area (Å²) in [4.78, 5) is 38.6. The van der Waals surface area contributed by atoms with Gasteiger partial charge in [0.05, 0.1) is 29.5 Å². The Morgan fingerprint density at radius 2 is 1.71 bits per heavy atom. The summed E-state index contributed by atoms with van der Waals surface area (Å²) in [5.41, 5.74) is 9.65. The number of carbonyl (C=O) groups is 1. The average Bonchev–Trinajstić information content (AvgIpc) is 3.31. The van der Waals surface area contributed by atoms with E-state index in [1.807, 2.05) is 44.2 Å². The number of hydrogen-bond acceptors (Lipinski definition) is 6. The molecule has 0 saturated carbocycles. The van der Waals surface area contributed by atoms with Crippen molar-refractivity contribution in [3.05, 3.63) is 82.8 Å². The minimum absolute atomic E-state index is 0.157. The number of fused-ring (bicyclic) bond motifs is 2. The van der Waals surface area contributed by atoms with Crippen LogP contribution in [0.1, 0.15) is 27.9 Å². The van der Waals surface area contributed by atoms with Crippen molar-refractivity contribution in [2.45, 2.75) is 34.2 Å². The van der Waals surface area contributed by atoms with Crippen LogP contribution in [0.2, 0.25) is 0 Å². The maximum absolute atomic E-state index is 13.5. The maximum Gasteiger partial charge on any atom is 0.330 e. The van der Waals surface area contributed by atoms with Crippen molar-refractivity contribution in [1.82, 2.24) is 24.9 Å². The second-order valence-corrected chi connectivity index (χ2v) is 9.82. The molecule has 0 radical (unpaired) electrons. The van der Waals surface area contributed by atoms with Crippen molar-refractivity contribution in [2.75, 3.05) is 22.2 Å². The smallest absolute Gasteiger partial charge is 0.330 e. The number of carbonyl (C=O) groups excluding carboxylic acids is 1. The van der Waals surface area contributed by atoms with E-state index in [1.165, 1.54) is 11.1 Å². The van der Waals surface area contributed by atoms with Gasteiger partial charge in [-0.05, 0) is 74.7 Å². The van der Waals surface area contributed by atoms with Crippen molar-refractivity contribution in [3.8, 4) is 11.4 Å². The van der Waals surface area contributed by atoms with E-state index in [0.717, 1.165) is 50.6 Å². The number of H-pyrrole nitrogens is 1. The first-order valence-corrected chi connectivity index (χ1v) is 12.5. The maximum atomic E-state index is 13.5. The molecule has 3 aromatic heterocycles. The standard InChI is InChI=1S/C29H28N8O/c1-16-6-8-20(26-33-23-10-17(2)18(3)11-24(23)34-26)12-25(16)37-15-21-13-31-28(35-27(21)36(5)29(37)38)32-22-9-7-19(4)30-14-22/h6-14H,15H2,1-5H3,(H,33,34)(H,31,32,35). The number of aromatic nitrogens is 5. The van der Waals surface area contributed by atoms with E-state index in [1.54, 1.807) is 29.2 Å². The second-order valence-electron chi connectivity index (χ2n) is 9.82. The van der Waals surface area contributed by atoms with Crippen molar-refractivity contribution in [1.29, 1.82) is 0 Å². The van der Waals surface area contributed by atoms with Crippen molar-refractivity contribution < 1.29 is 4.79 Å². The summed E-state index contributed by atoms with van der Waals surface area (Å²) in [5, 5.41) is 3.17. The molecule has 0 atom stereocenters. The Kier molecular flexibility index (Phi) is 5.56. The third-order valence-corrected chi connectivity index (χ3v) is 7.04. The second kappa shape index (κ2) is 8.95. The van der Waals surface area contributed by atoms with Crippen LogP contribution in [0.3, 0.4) is 0 Å². The predicted molar refractivity (Wildman–Crippen MR) is 150 cm³/mol. The molecule has 0 unspecified atom stereocenters. The normalized spacial score (nSPS) is 13.2. The molecule has 5 aromatic rings. The third kappa shape index (κ3) is 4.11. The monoisotopic (exact) mass is 504 g/mol. The summed E-state index contributed by atoms with van der Waals surface area (Å²) in [5.74, 6) is 1.77. The van der Waals surface area contributed by atoms with E-state index >= 15 is 0 Å². The van der Waals surface area contributed by atoms with Crippen LogP contribution in [-0.2, 0) is 6.54 Å². The zero-order valence-corrected chi connectivity index (χ0v) is 22.0. The van der Waals surface area contributed by atoms with Gasteiger partial charge in [0.25, 0.3) is 0 Å². The molecule has 2 aromatic carbocycles. The number of aromatic amines is 1. The highest BCUT2D eigenvalue weighted by molar-refractivity contribution is 6.05. The van der Waals surface area contributed by atoms with Crippen LogP contribution in [0.15, 0.2) is 54.9 Å². The fourth-order valence-corrected chi connectivity index (χ4v) is 4.68. The van der Waals surface area contributed by atoms with E-state index in [-0.39, 0.29) is 6.03 Å². The molecule has 4 heterocycles. The largest absolute Gasteiger partial charge is 0.338 e. The Morgan fingerprint density at radius 3 is 2.50 bits per heavy atom. The molecule has 6 rings (SSSR count). The summed E-state index contributed by atoms with van der Waals surface area (Å²) in [6.07, 6.45) is 3.50. The van der Waals surface area contributed by atoms with Gasteiger partial charge in [-0.1, -0.05) is 12.1 Å². The predicted octanol–water partition coefficient (Wildman–Crippen LogP) is 5.97. The molecule has 0 saturated heterocycles. The Balaban J connectivity index is 1.32. The van der Waals surface area contributed by atoms with E-state index in [0.29, 0.717) is 18.3 Å². The van der Waals surface area contributed by atoms with Gasteiger partial charge in [-0.25, -0.2) is 14.8 Å². The topological polar surface area (TPSA) is 103 Å². The lowest BCUT2D eigenvalue weighted by Gasteiger charge is -2.35. The van der Waals surface area contributed by atoms with E-state index in [4.69, 9.17) is 4.98 Å². The quantitative estimate of drug-likeness (QED) is 0.313.